The molecule has 1 aliphatic rings. The van der Waals surface area contributed by atoms with E-state index in [0.29, 0.717) is 10.7 Å². The second-order valence-corrected chi connectivity index (χ2v) is 8.63. The van der Waals surface area contributed by atoms with Gasteiger partial charge in [0.15, 0.2) is 5.13 Å². The lowest BCUT2D eigenvalue weighted by Crippen LogP contribution is -2.08. The zero-order chi connectivity index (χ0) is 19.5. The number of benzene rings is 2. The largest absolute Gasteiger partial charge is 0.375 e. The second kappa shape index (κ2) is 6.03. The van der Waals surface area contributed by atoms with Crippen LogP contribution < -0.4 is 5.73 Å². The lowest BCUT2D eigenvalue weighted by Gasteiger charge is -2.23. The van der Waals surface area contributed by atoms with Crippen LogP contribution in [0, 0.1) is 11.3 Å². The topological polar surface area (TPSA) is 91.4 Å². The summed E-state index contributed by atoms with van der Waals surface area (Å²) in [5.74, 6) is 0. The molecule has 0 spiro atoms. The van der Waals surface area contributed by atoms with Crippen LogP contribution in [0.5, 0.6) is 0 Å². The number of aromatic amines is 1. The molecule has 0 amide bonds. The number of anilines is 1. The minimum atomic E-state index is 0.594. The van der Waals surface area contributed by atoms with E-state index < -0.39 is 0 Å². The number of H-pyrrole nitrogens is 1. The van der Waals surface area contributed by atoms with E-state index in [1.165, 1.54) is 41.0 Å². The molecule has 0 aliphatic heterocycles. The minimum Gasteiger partial charge on any atom is -0.375 e. The third kappa shape index (κ3) is 2.38. The number of nitrogens with two attached hydrogens (primary N) is 1. The minimum absolute atomic E-state index is 0.594. The number of aromatic nitrogens is 3. The molecule has 3 aromatic heterocycles. The first-order valence-corrected chi connectivity index (χ1v) is 10.6. The molecular formula is C23H17N5S. The fraction of sp³-hybridized carbons (Fsp3) is 0.174. The second-order valence-electron chi connectivity index (χ2n) is 7.56. The predicted molar refractivity (Wildman–Crippen MR) is 118 cm³/mol. The van der Waals surface area contributed by atoms with Crippen molar-refractivity contribution in [1.29, 1.82) is 5.26 Å². The molecule has 6 heteroatoms. The van der Waals surface area contributed by atoms with Gasteiger partial charge in [0.05, 0.1) is 21.3 Å². The Morgan fingerprint density at radius 2 is 1.86 bits per heavy atom. The van der Waals surface area contributed by atoms with Gasteiger partial charge in [-0.1, -0.05) is 17.4 Å². The number of hydrogen-bond acceptors (Lipinski definition) is 5. The van der Waals surface area contributed by atoms with Crippen molar-refractivity contribution in [2.24, 2.45) is 0 Å². The third-order valence-corrected chi connectivity index (χ3v) is 6.78. The van der Waals surface area contributed by atoms with Gasteiger partial charge in [0.2, 0.25) is 0 Å². The number of pyridine rings is 1. The van der Waals surface area contributed by atoms with Gasteiger partial charge in [0.25, 0.3) is 0 Å². The standard InChI is InChI=1S/C23H17N5S/c24-10-13-11-26-17-7-8-18-21(20(13)17)14-3-1-2-4-15(14)22(27-18)12-5-6-16-19(9-12)29-23(25)28-16/h5-9,11,27H,1-4H2,(H2,25,28). The van der Waals surface area contributed by atoms with Crippen molar-refractivity contribution in [3.8, 4) is 17.3 Å². The van der Waals surface area contributed by atoms with Crippen LogP contribution in [0.3, 0.4) is 0 Å². The van der Waals surface area contributed by atoms with Gasteiger partial charge in [-0.15, -0.1) is 0 Å². The fourth-order valence-corrected chi connectivity index (χ4v) is 5.46. The molecule has 0 fully saturated rings. The average Bonchev–Trinajstić information content (AvgIpc) is 3.34. The Hall–Kier alpha value is -3.43. The van der Waals surface area contributed by atoms with Crippen molar-refractivity contribution < 1.29 is 0 Å². The molecule has 3 heterocycles. The first-order chi connectivity index (χ1) is 14.2. The molecule has 2 aromatic carbocycles. The van der Waals surface area contributed by atoms with Crippen LogP contribution in [0.2, 0.25) is 0 Å². The summed E-state index contributed by atoms with van der Waals surface area (Å²) in [6, 6.07) is 12.8. The summed E-state index contributed by atoms with van der Waals surface area (Å²) in [6.07, 6.45) is 6.10. The predicted octanol–water partition coefficient (Wildman–Crippen LogP) is 5.33. The van der Waals surface area contributed by atoms with Crippen molar-refractivity contribution in [2.45, 2.75) is 25.7 Å². The van der Waals surface area contributed by atoms with Crippen molar-refractivity contribution in [1.82, 2.24) is 15.0 Å². The van der Waals surface area contributed by atoms with Crippen LogP contribution in [0.1, 0.15) is 29.5 Å². The Morgan fingerprint density at radius 3 is 2.72 bits per heavy atom. The molecule has 3 N–H and O–H groups in total. The molecule has 29 heavy (non-hydrogen) atoms. The molecule has 0 unspecified atom stereocenters. The normalized spacial score (nSPS) is 13.8. The van der Waals surface area contributed by atoms with Gasteiger partial charge >= 0.3 is 0 Å². The van der Waals surface area contributed by atoms with E-state index in [9.17, 15) is 5.26 Å². The first-order valence-electron chi connectivity index (χ1n) is 9.74. The maximum Gasteiger partial charge on any atom is 0.181 e. The Labute approximate surface area is 170 Å². The number of nitrogens with zero attached hydrogens (tertiary/aromatic N) is 3. The number of nitrogens with one attached hydrogen (secondary N) is 1. The fourth-order valence-electron chi connectivity index (χ4n) is 4.68. The van der Waals surface area contributed by atoms with E-state index in [4.69, 9.17) is 5.73 Å². The lowest BCUT2D eigenvalue weighted by atomic mass is 9.85. The number of aryl methyl sites for hydroxylation is 1. The van der Waals surface area contributed by atoms with Gasteiger partial charge < -0.3 is 10.7 Å². The van der Waals surface area contributed by atoms with Crippen LogP contribution in [0.15, 0.2) is 36.5 Å². The Balaban J connectivity index is 1.71. The van der Waals surface area contributed by atoms with E-state index in [2.05, 4.69) is 39.2 Å². The number of fused-ring (bicyclic) bond motifs is 6. The molecule has 5 aromatic rings. The Kier molecular flexibility index (Phi) is 3.44. The molecule has 1 aliphatic carbocycles. The maximum atomic E-state index is 9.61. The highest BCUT2D eigenvalue weighted by molar-refractivity contribution is 7.22. The van der Waals surface area contributed by atoms with Crippen molar-refractivity contribution in [3.63, 3.8) is 0 Å². The average molecular weight is 395 g/mol. The number of nitriles is 1. The summed E-state index contributed by atoms with van der Waals surface area (Å²) in [5.41, 5.74) is 14.5. The van der Waals surface area contributed by atoms with Gasteiger partial charge in [-0.05, 0) is 66.6 Å². The maximum absolute atomic E-state index is 9.61. The molecule has 5 nitrogen and oxygen atoms in total. The highest BCUT2D eigenvalue weighted by atomic mass is 32.1. The van der Waals surface area contributed by atoms with E-state index >= 15 is 0 Å². The van der Waals surface area contributed by atoms with Crippen LogP contribution in [0.25, 0.3) is 43.3 Å². The monoisotopic (exact) mass is 395 g/mol. The van der Waals surface area contributed by atoms with Gasteiger partial charge in [-0.2, -0.15) is 5.26 Å². The van der Waals surface area contributed by atoms with Crippen molar-refractivity contribution in [3.05, 3.63) is 53.2 Å². The van der Waals surface area contributed by atoms with Gasteiger partial charge in [0, 0.05) is 28.2 Å². The number of rotatable bonds is 1. The Morgan fingerprint density at radius 1 is 1.03 bits per heavy atom. The third-order valence-electron chi connectivity index (χ3n) is 5.93. The van der Waals surface area contributed by atoms with Gasteiger partial charge in [-0.25, -0.2) is 4.98 Å². The van der Waals surface area contributed by atoms with Crippen LogP contribution in [-0.2, 0) is 12.8 Å². The summed E-state index contributed by atoms with van der Waals surface area (Å²) in [6.45, 7) is 0. The number of thiazole rings is 1. The van der Waals surface area contributed by atoms with E-state index in [-0.39, 0.29) is 0 Å². The molecule has 0 saturated carbocycles. The number of nitrogen functional groups attached to an aromatic ring is 1. The zero-order valence-corrected chi connectivity index (χ0v) is 16.4. The summed E-state index contributed by atoms with van der Waals surface area (Å²) < 4.78 is 1.10. The molecule has 140 valence electrons. The zero-order valence-electron chi connectivity index (χ0n) is 15.6. The molecule has 0 bridgehead atoms. The first kappa shape index (κ1) is 16.5. The van der Waals surface area contributed by atoms with Crippen molar-refractivity contribution in [2.75, 3.05) is 5.73 Å². The highest BCUT2D eigenvalue weighted by Gasteiger charge is 2.22. The molecule has 6 rings (SSSR count). The van der Waals surface area contributed by atoms with E-state index in [1.807, 2.05) is 12.1 Å². The van der Waals surface area contributed by atoms with Gasteiger partial charge in [-0.3, -0.25) is 4.98 Å². The molecule has 0 saturated heterocycles. The van der Waals surface area contributed by atoms with E-state index in [1.54, 1.807) is 6.20 Å². The van der Waals surface area contributed by atoms with Crippen LogP contribution in [-0.4, -0.2) is 15.0 Å². The summed E-state index contributed by atoms with van der Waals surface area (Å²) in [7, 11) is 0. The van der Waals surface area contributed by atoms with E-state index in [0.717, 1.165) is 50.4 Å². The van der Waals surface area contributed by atoms with Crippen molar-refractivity contribution >= 4 is 48.5 Å². The quantitative estimate of drug-likeness (QED) is 0.401. The summed E-state index contributed by atoms with van der Waals surface area (Å²) >= 11 is 1.52. The van der Waals surface area contributed by atoms with Crippen LogP contribution in [0.4, 0.5) is 5.13 Å². The highest BCUT2D eigenvalue weighted by Crippen LogP contribution is 2.40. The smallest absolute Gasteiger partial charge is 0.181 e. The molecule has 0 radical (unpaired) electrons. The summed E-state index contributed by atoms with van der Waals surface area (Å²) in [5, 5.41) is 12.4. The summed E-state index contributed by atoms with van der Waals surface area (Å²) in [4.78, 5) is 12.5. The molecular weight excluding hydrogens is 378 g/mol. The van der Waals surface area contributed by atoms with Crippen LogP contribution >= 0.6 is 11.3 Å². The number of hydrogen-bond donors (Lipinski definition) is 2. The van der Waals surface area contributed by atoms with Gasteiger partial charge in [0.1, 0.15) is 6.07 Å². The Bertz CT molecular complexity index is 1480. The SMILES string of the molecule is N#Cc1cnc2ccc3[nH]c(-c4ccc5nc(N)sc5c4)c4c(c3c12)CCCC4. The lowest BCUT2D eigenvalue weighted by molar-refractivity contribution is 0.689. The molecule has 0 atom stereocenters.